The highest BCUT2D eigenvalue weighted by molar-refractivity contribution is 9.10. The number of anilines is 2. The Morgan fingerprint density at radius 3 is 1.39 bits per heavy atom. The number of H-pyrrole nitrogens is 5. The molecule has 22 nitrogen and oxygen atoms in total. The Balaban J connectivity index is 0.000000154. The number of hydroxylamine groups is 1. The van der Waals surface area contributed by atoms with Crippen molar-refractivity contribution in [3.8, 4) is 23.5 Å². The minimum Gasteiger partial charge on any atom is -0.465 e. The summed E-state index contributed by atoms with van der Waals surface area (Å²) in [5.41, 5.74) is 28.2. The van der Waals surface area contributed by atoms with Crippen LogP contribution >= 0.6 is 28.1 Å². The lowest BCUT2D eigenvalue weighted by Crippen LogP contribution is -2.18. The summed E-state index contributed by atoms with van der Waals surface area (Å²) >= 11 is 8.20. The molecule has 11 aromatic rings. The van der Waals surface area contributed by atoms with E-state index in [0.717, 1.165) is 60.9 Å². The molecule has 412 valence electrons. The molecule has 0 fully saturated rings. The van der Waals surface area contributed by atoms with Crippen LogP contribution in [0.15, 0.2) is 114 Å². The first-order chi connectivity index (χ1) is 39.8. The van der Waals surface area contributed by atoms with Crippen molar-refractivity contribution in [3.63, 3.8) is 0 Å². The zero-order valence-corrected chi connectivity index (χ0v) is 47.3. The minimum absolute atomic E-state index is 0.253. The molecule has 0 saturated carbocycles. The molecule has 0 aliphatic heterocycles. The summed E-state index contributed by atoms with van der Waals surface area (Å²) in [6.07, 6.45) is 0. The number of halogens is 1. The number of carbonyl (C=O) groups is 2. The highest BCUT2D eigenvalue weighted by atomic mass is 79.9. The van der Waals surface area contributed by atoms with Gasteiger partial charge in [-0.15, -0.1) is 0 Å². The molecule has 0 aliphatic rings. The third-order valence-electron chi connectivity index (χ3n) is 12.0. The number of aromatic amines is 5. The summed E-state index contributed by atoms with van der Waals surface area (Å²) in [5, 5.41) is 8.66. The standard InChI is InChI=1S/C17H13N3O3.C16H12N4O3.C9H6BrN3.C9H7N3S.C8H9N3/c1-10-7-14-15(9-13(10)18-2)20-17(19-14)23-12-6-4-5-11(8-12)16(21)22-3;1-9-6-13-14(8-12(9)17-2)19-16(18-13)23-11-5-3-4-10(7-11)15(21)20-22;1-5-3-7-8(4-6(5)11-2)13-9(10)12-7;1-5-3-7-8(4-6(5)10-2)12-9(13)11-7;1-5-3-6(9)7(10)4-8(5)11-2/h4-9H,1,3H3,(H,19,20);3-8,22H,1H3,(H,18,19)(H,20,21);3-4H,1H3,(H,12,13);3-4H,1H3,(H2,11,12,13);3-4H,9-10H2,1H3. The van der Waals surface area contributed by atoms with Crippen LogP contribution in [-0.2, 0) is 4.74 Å². The number of nitrogen functional groups attached to an aromatic ring is 2. The maximum atomic E-state index is 11.5. The Hall–Kier alpha value is -11.3. The van der Waals surface area contributed by atoms with Gasteiger partial charge in [-0.2, -0.15) is 9.97 Å². The number of aryl methyl sites for hydroxylation is 5. The summed E-state index contributed by atoms with van der Waals surface area (Å²) in [6, 6.07) is 31.4. The maximum absolute atomic E-state index is 11.5. The van der Waals surface area contributed by atoms with Gasteiger partial charge in [-0.3, -0.25) is 10.0 Å². The van der Waals surface area contributed by atoms with E-state index in [2.05, 4.69) is 84.8 Å². The van der Waals surface area contributed by atoms with Crippen molar-refractivity contribution in [2.24, 2.45) is 0 Å². The zero-order valence-electron chi connectivity index (χ0n) is 44.9. The highest BCUT2D eigenvalue weighted by Gasteiger charge is 2.13. The lowest BCUT2D eigenvalue weighted by molar-refractivity contribution is 0.0600. The number of rotatable bonds is 6. The summed E-state index contributed by atoms with van der Waals surface area (Å²) < 4.78 is 17.2. The monoisotopic (exact) mass is 1190 g/mol. The number of amides is 1. The van der Waals surface area contributed by atoms with Gasteiger partial charge in [0.25, 0.3) is 17.9 Å². The zero-order chi connectivity index (χ0) is 60.1. The second-order valence-corrected chi connectivity index (χ2v) is 19.0. The van der Waals surface area contributed by atoms with Crippen molar-refractivity contribution in [3.05, 3.63) is 215 Å². The van der Waals surface area contributed by atoms with Crippen LogP contribution in [0.3, 0.4) is 0 Å². The van der Waals surface area contributed by atoms with Gasteiger partial charge in [0, 0.05) is 11.3 Å². The number of imidazole rings is 4. The summed E-state index contributed by atoms with van der Waals surface area (Å²) in [5.74, 6) is -0.198. The molecule has 0 radical (unpaired) electrons. The number of aromatic nitrogens is 8. The molecule has 4 heterocycles. The van der Waals surface area contributed by atoms with Crippen molar-refractivity contribution in [2.75, 3.05) is 18.6 Å². The van der Waals surface area contributed by atoms with Gasteiger partial charge >= 0.3 is 5.97 Å². The molecule has 0 spiro atoms. The summed E-state index contributed by atoms with van der Waals surface area (Å²) in [7, 11) is 1.33. The predicted molar refractivity (Wildman–Crippen MR) is 323 cm³/mol. The van der Waals surface area contributed by atoms with Crippen LogP contribution in [0.2, 0.25) is 0 Å². The molecule has 0 unspecified atom stereocenters. The van der Waals surface area contributed by atoms with Gasteiger partial charge in [-0.05, 0) is 188 Å². The van der Waals surface area contributed by atoms with Gasteiger partial charge in [0.1, 0.15) is 11.5 Å². The van der Waals surface area contributed by atoms with Gasteiger partial charge in [0.2, 0.25) is 0 Å². The topological polar surface area (TPSA) is 286 Å². The van der Waals surface area contributed by atoms with E-state index in [1.807, 2.05) is 65.0 Å². The molecule has 7 aromatic carbocycles. The number of benzene rings is 7. The number of ether oxygens (including phenoxy) is 3. The van der Waals surface area contributed by atoms with E-state index in [0.29, 0.717) is 83.4 Å². The van der Waals surface area contributed by atoms with E-state index in [-0.39, 0.29) is 11.6 Å². The van der Waals surface area contributed by atoms with E-state index in [4.69, 9.17) is 71.2 Å². The van der Waals surface area contributed by atoms with Gasteiger partial charge in [0.05, 0.1) is 95.4 Å². The number of hydrogen-bond donors (Lipinski definition) is 9. The fourth-order valence-electron chi connectivity index (χ4n) is 7.79. The Bertz CT molecular complexity index is 4430. The number of carbonyl (C=O) groups excluding carboxylic acids is 2. The fraction of sp³-hybridized carbons (Fsp3) is 0.102. The largest absolute Gasteiger partial charge is 0.465 e. The predicted octanol–water partition coefficient (Wildman–Crippen LogP) is 15.3. The summed E-state index contributed by atoms with van der Waals surface area (Å²) in [6.45, 7) is 44.3. The number of esters is 1. The molecule has 24 heteroatoms. The lowest BCUT2D eigenvalue weighted by Gasteiger charge is -2.03. The van der Waals surface area contributed by atoms with Crippen LogP contribution < -0.4 is 26.4 Å². The second-order valence-electron chi connectivity index (χ2n) is 17.9. The number of nitrogens with zero attached hydrogens (tertiary/aromatic N) is 8. The third kappa shape index (κ3) is 14.7. The molecule has 83 heavy (non-hydrogen) atoms. The lowest BCUT2D eigenvalue weighted by atomic mass is 10.1. The first-order valence-electron chi connectivity index (χ1n) is 24.3. The Morgan fingerprint density at radius 2 is 0.916 bits per heavy atom. The Kier molecular flexibility index (Phi) is 19.0. The quantitative estimate of drug-likeness (QED) is 0.0188. The molecule has 0 saturated heterocycles. The molecule has 0 aliphatic carbocycles. The summed E-state index contributed by atoms with van der Waals surface area (Å²) in [4.78, 5) is 67.8. The molecule has 11 N–H and O–H groups in total. The average Bonchev–Trinajstić information content (AvgIpc) is 4.48. The van der Waals surface area contributed by atoms with E-state index >= 15 is 0 Å². The first kappa shape index (κ1) is 59.3. The van der Waals surface area contributed by atoms with Crippen LogP contribution in [-0.4, -0.2) is 64.1 Å². The molecule has 1 amide bonds. The average molecular weight is 1190 g/mol. The van der Waals surface area contributed by atoms with Crippen LogP contribution in [0, 0.1) is 72.3 Å². The van der Waals surface area contributed by atoms with Gasteiger partial charge in [-0.1, -0.05) is 12.1 Å². The first-order valence-corrected chi connectivity index (χ1v) is 25.5. The van der Waals surface area contributed by atoms with Gasteiger partial charge in [0.15, 0.2) is 37.9 Å². The van der Waals surface area contributed by atoms with Crippen molar-refractivity contribution in [1.82, 2.24) is 45.4 Å². The SMILES string of the molecule is [C-]#[N+]c1cc(N)c(N)cc1C.[C-]#[N+]c1cc2[nH]c(=S)[nH]c2cc1C.[C-]#[N+]c1cc2nc(Br)[nH]c2cc1C.[C-]#[N+]c1cc2nc(Oc3cccc(C(=O)NO)c3)[nH]c2cc1C.[C-]#[N+]c1cc2nc(Oc3cccc(C(=O)OC)c3)[nH]c2cc1C. The Morgan fingerprint density at radius 1 is 0.530 bits per heavy atom. The number of fused-ring (bicyclic) bond motifs is 4. The van der Waals surface area contributed by atoms with Crippen LogP contribution in [0.1, 0.15) is 48.5 Å². The van der Waals surface area contributed by atoms with E-state index < -0.39 is 11.9 Å². The highest BCUT2D eigenvalue weighted by Crippen LogP contribution is 2.32. The fourth-order valence-corrected chi connectivity index (χ4v) is 8.41. The smallest absolute Gasteiger partial charge is 0.337 e. The van der Waals surface area contributed by atoms with Crippen molar-refractivity contribution >= 4 is 124 Å². The molecular weight excluding hydrogens is 1140 g/mol. The Labute approximate surface area is 487 Å². The van der Waals surface area contributed by atoms with Crippen LogP contribution in [0.25, 0.3) is 68.4 Å². The van der Waals surface area contributed by atoms with Crippen LogP contribution in [0.4, 0.5) is 39.8 Å². The number of methoxy groups -OCH3 is 1. The number of nitrogens with two attached hydrogens (primary N) is 2. The van der Waals surface area contributed by atoms with Gasteiger partial charge in [-0.25, -0.2) is 39.5 Å². The number of nitrogens with one attached hydrogen (secondary N) is 6. The molecule has 4 aromatic heterocycles. The van der Waals surface area contributed by atoms with Gasteiger partial charge < -0.3 is 50.6 Å². The van der Waals surface area contributed by atoms with Crippen molar-refractivity contribution in [1.29, 1.82) is 0 Å². The molecular formula is C59H47BrN16O6S. The van der Waals surface area contributed by atoms with E-state index in [9.17, 15) is 9.59 Å². The van der Waals surface area contributed by atoms with E-state index in [1.54, 1.807) is 78.3 Å². The minimum atomic E-state index is -0.627. The van der Waals surface area contributed by atoms with Crippen molar-refractivity contribution in [2.45, 2.75) is 34.6 Å². The van der Waals surface area contributed by atoms with Crippen LogP contribution in [0.5, 0.6) is 23.5 Å². The molecule has 11 rings (SSSR count). The van der Waals surface area contributed by atoms with E-state index in [1.165, 1.54) is 13.2 Å². The second kappa shape index (κ2) is 26.5. The molecule has 0 bridgehead atoms. The third-order valence-corrected chi connectivity index (χ3v) is 12.6. The number of hydrogen-bond acceptors (Lipinski definition) is 12. The molecule has 0 atom stereocenters. The normalized spacial score (nSPS) is 10.1. The maximum Gasteiger partial charge on any atom is 0.337 e. The van der Waals surface area contributed by atoms with Crippen molar-refractivity contribution < 1.29 is 29.0 Å².